The molecule has 0 fully saturated rings. The Morgan fingerprint density at radius 3 is 1.79 bits per heavy atom. The Balaban J connectivity index is 0.00000205. The summed E-state index contributed by atoms with van der Waals surface area (Å²) >= 11 is 3.20. The Hall–Kier alpha value is -1.65. The van der Waals surface area contributed by atoms with Crippen molar-refractivity contribution in [3.05, 3.63) is 64.0 Å². The topological polar surface area (TPSA) is 80.2 Å². The monoisotopic (exact) mass is 447 g/mol. The molecular formula is C20H12N2NaO3S3. The maximum absolute atomic E-state index is 11.5. The van der Waals surface area contributed by atoms with Gasteiger partial charge in [-0.25, -0.2) is 9.97 Å². The van der Waals surface area contributed by atoms with Crippen molar-refractivity contribution in [3.63, 3.8) is 0 Å². The molecular weight excluding hydrogens is 435 g/mol. The first kappa shape index (κ1) is 20.6. The van der Waals surface area contributed by atoms with Crippen molar-refractivity contribution in [3.8, 4) is 22.5 Å². The van der Waals surface area contributed by atoms with Crippen molar-refractivity contribution < 1.29 is 13.0 Å². The van der Waals surface area contributed by atoms with Gasteiger partial charge >= 0.3 is 0 Å². The second-order valence-corrected chi connectivity index (χ2v) is 9.25. The molecule has 0 aliphatic heterocycles. The molecule has 9 heteroatoms. The fourth-order valence-corrected chi connectivity index (χ4v) is 4.94. The van der Waals surface area contributed by atoms with E-state index in [9.17, 15) is 13.0 Å². The van der Waals surface area contributed by atoms with Crippen LogP contribution in [0.25, 0.3) is 44.3 Å². The van der Waals surface area contributed by atoms with Gasteiger partial charge in [0.05, 0.1) is 27.3 Å². The summed E-state index contributed by atoms with van der Waals surface area (Å²) in [4.78, 5) is 9.59. The minimum atomic E-state index is -4.26. The molecule has 3 aromatic heterocycles. The van der Waals surface area contributed by atoms with Crippen LogP contribution in [0.5, 0.6) is 0 Å². The molecule has 3 heterocycles. The molecule has 5 nitrogen and oxygen atoms in total. The number of aromatic nitrogens is 2. The number of hydrogen-bond donors (Lipinski definition) is 1. The normalized spacial score (nSPS) is 11.6. The second kappa shape index (κ2) is 7.88. The van der Waals surface area contributed by atoms with Crippen LogP contribution in [0.4, 0.5) is 0 Å². The molecule has 0 spiro atoms. The van der Waals surface area contributed by atoms with Crippen LogP contribution < -0.4 is 0 Å². The molecule has 5 aromatic rings. The van der Waals surface area contributed by atoms with Gasteiger partial charge in [0.2, 0.25) is 0 Å². The van der Waals surface area contributed by atoms with Crippen LogP contribution in [0, 0.1) is 0 Å². The maximum atomic E-state index is 11.5. The zero-order chi connectivity index (χ0) is 19.3. The smallest absolute Gasteiger partial charge is 0.282 e. The molecule has 0 saturated heterocycles. The largest absolute Gasteiger partial charge is 0.294 e. The van der Waals surface area contributed by atoms with Crippen LogP contribution >= 0.6 is 22.7 Å². The van der Waals surface area contributed by atoms with E-state index in [0.29, 0.717) is 10.9 Å². The van der Waals surface area contributed by atoms with Crippen LogP contribution in [0.2, 0.25) is 0 Å². The summed E-state index contributed by atoms with van der Waals surface area (Å²) in [6.45, 7) is 0. The van der Waals surface area contributed by atoms with Gasteiger partial charge in [-0.15, -0.1) is 0 Å². The van der Waals surface area contributed by atoms with Gasteiger partial charge < -0.3 is 0 Å². The fourth-order valence-electron chi connectivity index (χ4n) is 3.14. The van der Waals surface area contributed by atoms with Gasteiger partial charge in [0.25, 0.3) is 10.1 Å². The minimum absolute atomic E-state index is 0. The number of benzene rings is 2. The molecule has 1 radical (unpaired) electrons. The fraction of sp³-hybridized carbons (Fsp3) is 0. The zero-order valence-corrected chi connectivity index (χ0v) is 19.7. The summed E-state index contributed by atoms with van der Waals surface area (Å²) in [5.74, 6) is 0. The van der Waals surface area contributed by atoms with Crippen molar-refractivity contribution >= 4 is 84.2 Å². The Morgan fingerprint density at radius 2 is 1.31 bits per heavy atom. The van der Waals surface area contributed by atoms with Crippen molar-refractivity contribution in [1.82, 2.24) is 9.97 Å². The van der Waals surface area contributed by atoms with Gasteiger partial charge in [0.1, 0.15) is 0 Å². The van der Waals surface area contributed by atoms with Crippen molar-refractivity contribution in [1.29, 1.82) is 0 Å². The molecule has 0 unspecified atom stereocenters. The summed E-state index contributed by atoms with van der Waals surface area (Å²) in [6.07, 6.45) is 0. The minimum Gasteiger partial charge on any atom is -0.282 e. The van der Waals surface area contributed by atoms with E-state index in [0.717, 1.165) is 33.4 Å². The van der Waals surface area contributed by atoms with Crippen molar-refractivity contribution in [2.75, 3.05) is 0 Å². The van der Waals surface area contributed by atoms with Crippen LogP contribution in [0.15, 0.2) is 68.9 Å². The number of rotatable bonds is 3. The van der Waals surface area contributed by atoms with Gasteiger partial charge in [-0.1, -0.05) is 6.07 Å². The molecule has 0 atom stereocenters. The molecule has 0 amide bonds. The molecule has 5 rings (SSSR count). The first-order chi connectivity index (χ1) is 13.5. The first-order valence-electron chi connectivity index (χ1n) is 8.27. The summed E-state index contributed by atoms with van der Waals surface area (Å²) in [7, 11) is -4.26. The van der Waals surface area contributed by atoms with Crippen LogP contribution in [0.1, 0.15) is 0 Å². The summed E-state index contributed by atoms with van der Waals surface area (Å²) in [5, 5.41) is 9.59. The first-order valence-corrected chi connectivity index (χ1v) is 11.6. The number of nitrogens with zero attached hydrogens (tertiary/aromatic N) is 2. The van der Waals surface area contributed by atoms with E-state index in [1.165, 1.54) is 12.1 Å². The van der Waals surface area contributed by atoms with E-state index >= 15 is 0 Å². The molecule has 0 saturated carbocycles. The summed E-state index contributed by atoms with van der Waals surface area (Å²) < 4.78 is 32.2. The zero-order valence-electron chi connectivity index (χ0n) is 15.2. The molecule has 29 heavy (non-hydrogen) atoms. The van der Waals surface area contributed by atoms with E-state index in [-0.39, 0.29) is 34.5 Å². The standard InChI is InChI=1S/C20H12N2O3S3.Na/c23-28(24,25)16-2-1-12-8-17-18(9-15(12)7-16)22-20(14-4-6-27-11-14)19(21-17)13-3-5-26-10-13;/h1-11H,(H,23,24,25);. The van der Waals surface area contributed by atoms with E-state index in [1.807, 2.05) is 39.7 Å². The quantitative estimate of drug-likeness (QED) is 0.236. The van der Waals surface area contributed by atoms with Gasteiger partial charge in [-0.2, -0.15) is 31.1 Å². The van der Waals surface area contributed by atoms with Crippen molar-refractivity contribution in [2.24, 2.45) is 0 Å². The van der Waals surface area contributed by atoms with Crippen molar-refractivity contribution in [2.45, 2.75) is 4.90 Å². The molecule has 0 aliphatic rings. The molecule has 2 aromatic carbocycles. The third kappa shape index (κ3) is 3.89. The Morgan fingerprint density at radius 1 is 0.759 bits per heavy atom. The van der Waals surface area contributed by atoms with E-state index in [2.05, 4.69) is 0 Å². The molecule has 0 bridgehead atoms. The Kier molecular flexibility index (Phi) is 5.60. The maximum Gasteiger partial charge on any atom is 0.294 e. The summed E-state index contributed by atoms with van der Waals surface area (Å²) in [6, 6.07) is 12.2. The van der Waals surface area contributed by atoms with Crippen LogP contribution in [-0.2, 0) is 10.1 Å². The van der Waals surface area contributed by atoms with Gasteiger partial charge in [0, 0.05) is 51.4 Å². The Labute approximate surface area is 197 Å². The molecule has 1 N–H and O–H groups in total. The summed E-state index contributed by atoms with van der Waals surface area (Å²) in [5.41, 5.74) is 5.01. The average molecular weight is 448 g/mol. The average Bonchev–Trinajstić information content (AvgIpc) is 3.37. The van der Waals surface area contributed by atoms with Gasteiger partial charge in [-0.05, 0) is 57.9 Å². The van der Waals surface area contributed by atoms with Gasteiger partial charge in [0.15, 0.2) is 0 Å². The van der Waals surface area contributed by atoms with E-state index < -0.39 is 10.1 Å². The third-order valence-electron chi connectivity index (χ3n) is 4.48. The van der Waals surface area contributed by atoms with Crippen LogP contribution in [-0.4, -0.2) is 52.5 Å². The predicted octanol–water partition coefficient (Wildman–Crippen LogP) is 5.11. The SMILES string of the molecule is O=S(=O)(O)c1ccc2cc3nc(-c4ccsc4)c(-c4ccsc4)nc3cc2c1.[Na]. The number of hydrogen-bond acceptors (Lipinski definition) is 6. The van der Waals surface area contributed by atoms with Gasteiger partial charge in [-0.3, -0.25) is 4.55 Å². The Bertz CT molecular complexity index is 1430. The number of fused-ring (bicyclic) bond motifs is 2. The van der Waals surface area contributed by atoms with E-state index in [1.54, 1.807) is 34.8 Å². The predicted molar refractivity (Wildman–Crippen MR) is 119 cm³/mol. The molecule has 139 valence electrons. The number of thiophene rings is 2. The molecule has 0 aliphatic carbocycles. The second-order valence-electron chi connectivity index (χ2n) is 6.27. The van der Waals surface area contributed by atoms with E-state index in [4.69, 9.17) is 9.97 Å². The van der Waals surface area contributed by atoms with Crippen LogP contribution in [0.3, 0.4) is 0 Å². The third-order valence-corrected chi connectivity index (χ3v) is 6.70.